The molecule has 0 saturated heterocycles. The monoisotopic (exact) mass is 405 g/mol. The Kier molecular flexibility index (Phi) is 4.99. The van der Waals surface area contributed by atoms with Gasteiger partial charge >= 0.3 is 0 Å². The Bertz CT molecular complexity index is 1280. The number of carbonyl (C=O) groups is 1. The van der Waals surface area contributed by atoms with Crippen molar-refractivity contribution in [2.24, 2.45) is 0 Å². The molecule has 3 aromatic heterocycles. The van der Waals surface area contributed by atoms with E-state index in [0.717, 1.165) is 17.1 Å². The molecule has 0 unspecified atom stereocenters. The average molecular weight is 405 g/mol. The fraction of sp³-hybridized carbons (Fsp3) is 0.273. The van der Waals surface area contributed by atoms with Crippen LogP contribution in [0.3, 0.4) is 0 Å². The van der Waals surface area contributed by atoms with E-state index in [1.165, 1.54) is 4.68 Å². The SMILES string of the molecule is Cc1ccc(CNC(=O)[C@H](C)n2nc(C)c3c(C)n(-c4ccccc4)nc3c2=O)o1. The van der Waals surface area contributed by atoms with E-state index in [4.69, 9.17) is 4.42 Å². The Hall–Kier alpha value is -3.68. The van der Waals surface area contributed by atoms with Gasteiger partial charge in [-0.05, 0) is 52.0 Å². The topological polar surface area (TPSA) is 95.0 Å². The summed E-state index contributed by atoms with van der Waals surface area (Å²) in [5, 5.41) is 12.5. The number of nitrogens with zero attached hydrogens (tertiary/aromatic N) is 4. The predicted octanol–water partition coefficient (Wildman–Crippen LogP) is 2.98. The van der Waals surface area contributed by atoms with E-state index in [2.05, 4.69) is 15.5 Å². The van der Waals surface area contributed by atoms with Crippen LogP contribution in [0.4, 0.5) is 0 Å². The molecule has 4 aromatic rings. The first-order valence-corrected chi connectivity index (χ1v) is 9.74. The van der Waals surface area contributed by atoms with Gasteiger partial charge in [-0.25, -0.2) is 9.36 Å². The molecule has 1 amide bonds. The Labute approximate surface area is 173 Å². The van der Waals surface area contributed by atoms with Crippen LogP contribution in [0.25, 0.3) is 16.6 Å². The van der Waals surface area contributed by atoms with Gasteiger partial charge in [0.1, 0.15) is 17.6 Å². The van der Waals surface area contributed by atoms with Crippen LogP contribution < -0.4 is 10.9 Å². The number of nitrogens with one attached hydrogen (secondary N) is 1. The zero-order valence-corrected chi connectivity index (χ0v) is 17.3. The molecule has 0 aliphatic carbocycles. The van der Waals surface area contributed by atoms with Crippen molar-refractivity contribution in [2.45, 2.75) is 40.3 Å². The van der Waals surface area contributed by atoms with Crippen molar-refractivity contribution in [3.63, 3.8) is 0 Å². The first kappa shape index (κ1) is 19.6. The average Bonchev–Trinajstić information content (AvgIpc) is 3.32. The molecule has 30 heavy (non-hydrogen) atoms. The van der Waals surface area contributed by atoms with Gasteiger partial charge in [-0.1, -0.05) is 18.2 Å². The Balaban J connectivity index is 1.68. The van der Waals surface area contributed by atoms with Gasteiger partial charge in [0.2, 0.25) is 5.91 Å². The van der Waals surface area contributed by atoms with Crippen LogP contribution in [0.15, 0.2) is 51.7 Å². The zero-order valence-electron chi connectivity index (χ0n) is 17.3. The van der Waals surface area contributed by atoms with E-state index in [9.17, 15) is 9.59 Å². The Morgan fingerprint density at radius 3 is 2.50 bits per heavy atom. The number of hydrogen-bond acceptors (Lipinski definition) is 5. The molecule has 0 fully saturated rings. The summed E-state index contributed by atoms with van der Waals surface area (Å²) >= 11 is 0. The number of amides is 1. The van der Waals surface area contributed by atoms with E-state index in [-0.39, 0.29) is 12.5 Å². The van der Waals surface area contributed by atoms with Gasteiger partial charge in [0, 0.05) is 0 Å². The number of hydrogen-bond donors (Lipinski definition) is 1. The number of benzene rings is 1. The summed E-state index contributed by atoms with van der Waals surface area (Å²) in [7, 11) is 0. The summed E-state index contributed by atoms with van der Waals surface area (Å²) in [5.41, 5.74) is 2.23. The lowest BCUT2D eigenvalue weighted by Gasteiger charge is -2.14. The van der Waals surface area contributed by atoms with Gasteiger partial charge in [-0.2, -0.15) is 10.2 Å². The fourth-order valence-corrected chi connectivity index (χ4v) is 3.55. The minimum atomic E-state index is -0.793. The van der Waals surface area contributed by atoms with Crippen LogP contribution in [0.1, 0.15) is 35.9 Å². The van der Waals surface area contributed by atoms with E-state index < -0.39 is 11.6 Å². The molecule has 154 valence electrons. The number of rotatable bonds is 5. The zero-order chi connectivity index (χ0) is 21.4. The molecule has 1 atom stereocenters. The molecule has 0 bridgehead atoms. The summed E-state index contributed by atoms with van der Waals surface area (Å²) in [5.74, 6) is 1.10. The van der Waals surface area contributed by atoms with Gasteiger partial charge in [-0.3, -0.25) is 9.59 Å². The molecular formula is C22H23N5O3. The highest BCUT2D eigenvalue weighted by Crippen LogP contribution is 2.21. The van der Waals surface area contributed by atoms with Crippen molar-refractivity contribution >= 4 is 16.8 Å². The lowest BCUT2D eigenvalue weighted by atomic mass is 10.2. The number of furan rings is 1. The predicted molar refractivity (Wildman–Crippen MR) is 113 cm³/mol. The minimum Gasteiger partial charge on any atom is -0.465 e. The van der Waals surface area contributed by atoms with Crippen LogP contribution in [0, 0.1) is 20.8 Å². The number of fused-ring (bicyclic) bond motifs is 1. The van der Waals surface area contributed by atoms with Gasteiger partial charge < -0.3 is 9.73 Å². The largest absolute Gasteiger partial charge is 0.465 e. The standard InChI is InChI=1S/C22H23N5O3/c1-13-10-11-18(30-13)12-23-21(28)16(4)27-22(29)20-19(14(2)24-27)15(3)26(25-20)17-8-6-5-7-9-17/h5-11,16H,12H2,1-4H3,(H,23,28)/t16-/m0/s1. The number of aryl methyl sites for hydroxylation is 3. The van der Waals surface area contributed by atoms with Crippen LogP contribution in [0.5, 0.6) is 0 Å². The maximum absolute atomic E-state index is 13.1. The van der Waals surface area contributed by atoms with Gasteiger partial charge in [-0.15, -0.1) is 0 Å². The second kappa shape index (κ2) is 7.62. The van der Waals surface area contributed by atoms with Crippen LogP contribution in [-0.4, -0.2) is 25.5 Å². The van der Waals surface area contributed by atoms with Crippen molar-refractivity contribution in [1.82, 2.24) is 24.9 Å². The third-order valence-electron chi connectivity index (χ3n) is 5.13. The lowest BCUT2D eigenvalue weighted by Crippen LogP contribution is -2.37. The molecule has 1 N–H and O–H groups in total. The Morgan fingerprint density at radius 2 is 1.83 bits per heavy atom. The van der Waals surface area contributed by atoms with Crippen molar-refractivity contribution in [3.8, 4) is 5.69 Å². The highest BCUT2D eigenvalue weighted by Gasteiger charge is 2.23. The van der Waals surface area contributed by atoms with E-state index in [0.29, 0.717) is 22.4 Å². The molecule has 4 rings (SSSR count). The molecule has 8 heteroatoms. The summed E-state index contributed by atoms with van der Waals surface area (Å²) in [4.78, 5) is 25.8. The molecule has 0 aliphatic heterocycles. The quantitative estimate of drug-likeness (QED) is 0.551. The van der Waals surface area contributed by atoms with Crippen LogP contribution in [-0.2, 0) is 11.3 Å². The lowest BCUT2D eigenvalue weighted by molar-refractivity contribution is -0.124. The van der Waals surface area contributed by atoms with E-state index >= 15 is 0 Å². The first-order chi connectivity index (χ1) is 14.4. The van der Waals surface area contributed by atoms with Crippen LogP contribution >= 0.6 is 0 Å². The number of aromatic nitrogens is 4. The van der Waals surface area contributed by atoms with Crippen molar-refractivity contribution in [3.05, 3.63) is 75.7 Å². The molecule has 0 saturated carbocycles. The van der Waals surface area contributed by atoms with Crippen molar-refractivity contribution < 1.29 is 9.21 Å². The van der Waals surface area contributed by atoms with E-state index in [1.54, 1.807) is 17.7 Å². The van der Waals surface area contributed by atoms with Gasteiger partial charge in [0.15, 0.2) is 5.52 Å². The molecule has 3 heterocycles. The molecular weight excluding hydrogens is 382 g/mol. The smallest absolute Gasteiger partial charge is 0.295 e. The highest BCUT2D eigenvalue weighted by molar-refractivity contribution is 5.84. The summed E-state index contributed by atoms with van der Waals surface area (Å²) < 4.78 is 8.39. The normalized spacial score (nSPS) is 12.3. The fourth-order valence-electron chi connectivity index (χ4n) is 3.55. The summed E-state index contributed by atoms with van der Waals surface area (Å²) in [6, 6.07) is 12.4. The summed E-state index contributed by atoms with van der Waals surface area (Å²) in [6.07, 6.45) is 0. The second-order valence-electron chi connectivity index (χ2n) is 7.30. The number of para-hydroxylation sites is 1. The molecule has 0 aliphatic rings. The van der Waals surface area contributed by atoms with Gasteiger partial charge in [0.25, 0.3) is 5.56 Å². The maximum atomic E-state index is 13.1. The third-order valence-corrected chi connectivity index (χ3v) is 5.13. The molecule has 0 spiro atoms. The summed E-state index contributed by atoms with van der Waals surface area (Å²) in [6.45, 7) is 7.45. The van der Waals surface area contributed by atoms with E-state index in [1.807, 2.05) is 57.2 Å². The third kappa shape index (κ3) is 3.41. The Morgan fingerprint density at radius 1 is 1.10 bits per heavy atom. The minimum absolute atomic E-state index is 0.245. The molecule has 8 nitrogen and oxygen atoms in total. The number of carbonyl (C=O) groups excluding carboxylic acids is 1. The highest BCUT2D eigenvalue weighted by atomic mass is 16.3. The molecule has 1 aromatic carbocycles. The second-order valence-corrected chi connectivity index (χ2v) is 7.30. The van der Waals surface area contributed by atoms with Crippen molar-refractivity contribution in [2.75, 3.05) is 0 Å². The van der Waals surface area contributed by atoms with Crippen LogP contribution in [0.2, 0.25) is 0 Å². The van der Waals surface area contributed by atoms with Gasteiger partial charge in [0.05, 0.1) is 29.0 Å². The maximum Gasteiger partial charge on any atom is 0.295 e. The van der Waals surface area contributed by atoms with Crippen molar-refractivity contribution in [1.29, 1.82) is 0 Å². The first-order valence-electron chi connectivity index (χ1n) is 9.74. The molecule has 0 radical (unpaired) electrons.